The van der Waals surface area contributed by atoms with Crippen molar-refractivity contribution in [1.82, 2.24) is 0 Å². The van der Waals surface area contributed by atoms with Crippen LogP contribution in [0.3, 0.4) is 0 Å². The predicted molar refractivity (Wildman–Crippen MR) is 108 cm³/mol. The molecule has 0 aliphatic rings. The molecule has 0 unspecified atom stereocenters. The molecule has 0 fully saturated rings. The monoisotopic (exact) mass is 388 g/mol. The molecule has 0 aliphatic carbocycles. The SMILES string of the molecule is CO[C@H](c1cccc(-c2cccc([C@@H](OC)C(C)(C)C)[n+]2[O-])[n+]1[O-])C(C)(C)C. The molecule has 2 aromatic heterocycles. The second kappa shape index (κ2) is 8.05. The lowest BCUT2D eigenvalue weighted by atomic mass is 9.86. The van der Waals surface area contributed by atoms with Gasteiger partial charge in [0.2, 0.25) is 11.4 Å². The van der Waals surface area contributed by atoms with E-state index >= 15 is 0 Å². The topological polar surface area (TPSA) is 72.3 Å². The normalized spacial score (nSPS) is 14.7. The molecule has 2 atom stereocenters. The summed E-state index contributed by atoms with van der Waals surface area (Å²) in [5, 5.41) is 26.3. The molecule has 0 bridgehead atoms. The van der Waals surface area contributed by atoms with Crippen molar-refractivity contribution in [3.8, 4) is 11.4 Å². The van der Waals surface area contributed by atoms with Crippen LogP contribution in [0.15, 0.2) is 36.4 Å². The summed E-state index contributed by atoms with van der Waals surface area (Å²) in [5.74, 6) is 0. The van der Waals surface area contributed by atoms with Crippen LogP contribution in [0.25, 0.3) is 11.4 Å². The van der Waals surface area contributed by atoms with Gasteiger partial charge in [0.05, 0.1) is 0 Å². The van der Waals surface area contributed by atoms with Crippen LogP contribution >= 0.6 is 0 Å². The number of ether oxygens (including phenoxy) is 2. The van der Waals surface area contributed by atoms with E-state index < -0.39 is 12.2 Å². The van der Waals surface area contributed by atoms with Crippen LogP contribution in [0.1, 0.15) is 65.1 Å². The van der Waals surface area contributed by atoms with Gasteiger partial charge in [0.15, 0.2) is 0 Å². The quantitative estimate of drug-likeness (QED) is 0.571. The number of hydrogen-bond acceptors (Lipinski definition) is 4. The molecule has 28 heavy (non-hydrogen) atoms. The van der Waals surface area contributed by atoms with E-state index in [0.717, 1.165) is 9.46 Å². The van der Waals surface area contributed by atoms with Crippen molar-refractivity contribution in [1.29, 1.82) is 0 Å². The van der Waals surface area contributed by atoms with Crippen molar-refractivity contribution >= 4 is 0 Å². The third-order valence-corrected chi connectivity index (χ3v) is 4.79. The molecule has 0 radical (unpaired) electrons. The summed E-state index contributed by atoms with van der Waals surface area (Å²) in [6, 6.07) is 10.3. The lowest BCUT2D eigenvalue weighted by Crippen LogP contribution is -2.45. The van der Waals surface area contributed by atoms with Gasteiger partial charge in [0, 0.05) is 38.5 Å². The second-order valence-electron chi connectivity index (χ2n) is 9.22. The van der Waals surface area contributed by atoms with Gasteiger partial charge in [-0.25, -0.2) is 0 Å². The zero-order valence-electron chi connectivity index (χ0n) is 18.1. The Morgan fingerprint density at radius 3 is 1.25 bits per heavy atom. The highest BCUT2D eigenvalue weighted by atomic mass is 16.5. The van der Waals surface area contributed by atoms with Crippen LogP contribution in [0.2, 0.25) is 0 Å². The zero-order chi connectivity index (χ0) is 21.3. The molecule has 154 valence electrons. The molecule has 0 aromatic carbocycles. The summed E-state index contributed by atoms with van der Waals surface area (Å²) >= 11 is 0. The van der Waals surface area contributed by atoms with E-state index in [1.165, 1.54) is 0 Å². The number of hydrogen-bond donors (Lipinski definition) is 0. The maximum atomic E-state index is 13.2. The van der Waals surface area contributed by atoms with Crippen molar-refractivity contribution in [3.05, 3.63) is 58.2 Å². The summed E-state index contributed by atoms with van der Waals surface area (Å²) in [7, 11) is 3.17. The van der Waals surface area contributed by atoms with E-state index in [0.29, 0.717) is 11.4 Å². The van der Waals surface area contributed by atoms with Crippen LogP contribution in [0, 0.1) is 21.2 Å². The van der Waals surface area contributed by atoms with E-state index in [9.17, 15) is 10.4 Å². The van der Waals surface area contributed by atoms with Crippen molar-refractivity contribution in [2.75, 3.05) is 14.2 Å². The first-order valence-corrected chi connectivity index (χ1v) is 9.44. The molecule has 0 aliphatic heterocycles. The van der Waals surface area contributed by atoms with Crippen molar-refractivity contribution < 1.29 is 18.9 Å². The van der Waals surface area contributed by atoms with Crippen molar-refractivity contribution in [3.63, 3.8) is 0 Å². The highest BCUT2D eigenvalue weighted by Gasteiger charge is 2.36. The Morgan fingerprint density at radius 2 is 1.00 bits per heavy atom. The van der Waals surface area contributed by atoms with Gasteiger partial charge >= 0.3 is 0 Å². The number of rotatable bonds is 5. The van der Waals surface area contributed by atoms with E-state index in [2.05, 4.69) is 0 Å². The molecule has 0 N–H and O–H groups in total. The maximum Gasteiger partial charge on any atom is 0.290 e. The minimum Gasteiger partial charge on any atom is -0.618 e. The van der Waals surface area contributed by atoms with E-state index in [1.807, 2.05) is 41.5 Å². The summed E-state index contributed by atoms with van der Waals surface area (Å²) in [4.78, 5) is 0. The molecular formula is C22H32N2O4. The fourth-order valence-electron chi connectivity index (χ4n) is 3.63. The Kier molecular flexibility index (Phi) is 6.36. The van der Waals surface area contributed by atoms with Gasteiger partial charge in [-0.3, -0.25) is 0 Å². The fraction of sp³-hybridized carbons (Fsp3) is 0.545. The first-order chi connectivity index (χ1) is 12.9. The first-order valence-electron chi connectivity index (χ1n) is 9.44. The van der Waals surface area contributed by atoms with Gasteiger partial charge in [-0.1, -0.05) is 41.5 Å². The molecule has 2 heterocycles. The second-order valence-corrected chi connectivity index (χ2v) is 9.22. The van der Waals surface area contributed by atoms with Crippen LogP contribution in [0.4, 0.5) is 0 Å². The molecule has 0 spiro atoms. The Bertz CT molecular complexity index is 753. The average Bonchev–Trinajstić information content (AvgIpc) is 2.57. The summed E-state index contributed by atoms with van der Waals surface area (Å²) in [5.41, 5.74) is 0.951. The number of aromatic nitrogens is 2. The molecule has 6 nitrogen and oxygen atoms in total. The third kappa shape index (κ3) is 4.28. The first kappa shape index (κ1) is 22.1. The highest BCUT2D eigenvalue weighted by molar-refractivity contribution is 5.47. The third-order valence-electron chi connectivity index (χ3n) is 4.79. The summed E-state index contributed by atoms with van der Waals surface area (Å²) in [6.45, 7) is 12.1. The van der Waals surface area contributed by atoms with Gasteiger partial charge in [0.25, 0.3) is 11.4 Å². The predicted octanol–water partition coefficient (Wildman–Crippen LogP) is 4.09. The largest absolute Gasteiger partial charge is 0.618 e. The van der Waals surface area contributed by atoms with Crippen LogP contribution < -0.4 is 9.46 Å². The van der Waals surface area contributed by atoms with Crippen molar-refractivity contribution in [2.45, 2.75) is 53.8 Å². The number of methoxy groups -OCH3 is 2. The van der Waals surface area contributed by atoms with Crippen LogP contribution in [-0.4, -0.2) is 14.2 Å². The highest BCUT2D eigenvalue weighted by Crippen LogP contribution is 2.35. The van der Waals surface area contributed by atoms with Gasteiger partial charge in [0.1, 0.15) is 12.2 Å². The van der Waals surface area contributed by atoms with Gasteiger partial charge in [-0.05, 0) is 23.0 Å². The molecule has 0 amide bonds. The minimum atomic E-state index is -0.408. The number of nitrogens with zero attached hydrogens (tertiary/aromatic N) is 2. The van der Waals surface area contributed by atoms with E-state index in [4.69, 9.17) is 9.47 Å². The summed E-state index contributed by atoms with van der Waals surface area (Å²) in [6.07, 6.45) is -0.816. The molecule has 2 rings (SSSR count). The Hall–Kier alpha value is -2.18. The average molecular weight is 389 g/mol. The Morgan fingerprint density at radius 1 is 0.679 bits per heavy atom. The number of pyridine rings is 2. The Labute approximate surface area is 167 Å². The van der Waals surface area contributed by atoms with E-state index in [-0.39, 0.29) is 22.2 Å². The van der Waals surface area contributed by atoms with Gasteiger partial charge in [-0.15, -0.1) is 0 Å². The fourth-order valence-corrected chi connectivity index (χ4v) is 3.63. The minimum absolute atomic E-state index is 0.276. The van der Waals surface area contributed by atoms with Crippen LogP contribution in [0.5, 0.6) is 0 Å². The smallest absolute Gasteiger partial charge is 0.290 e. The van der Waals surface area contributed by atoms with Gasteiger partial charge < -0.3 is 19.9 Å². The van der Waals surface area contributed by atoms with Crippen LogP contribution in [-0.2, 0) is 9.47 Å². The zero-order valence-corrected chi connectivity index (χ0v) is 18.1. The Balaban J connectivity index is 2.65. The molecule has 0 saturated carbocycles. The lowest BCUT2D eigenvalue weighted by molar-refractivity contribution is -0.639. The van der Waals surface area contributed by atoms with E-state index in [1.54, 1.807) is 50.6 Å². The molecule has 2 aromatic rings. The van der Waals surface area contributed by atoms with Gasteiger partial charge in [-0.2, -0.15) is 9.46 Å². The summed E-state index contributed by atoms with van der Waals surface area (Å²) < 4.78 is 12.8. The molecule has 6 heteroatoms. The lowest BCUT2D eigenvalue weighted by Gasteiger charge is -2.29. The molecular weight excluding hydrogens is 356 g/mol. The van der Waals surface area contributed by atoms with Crippen molar-refractivity contribution in [2.24, 2.45) is 10.8 Å². The molecule has 0 saturated heterocycles. The maximum absolute atomic E-state index is 13.2. The standard InChI is InChI=1S/C22H32N2O4/c1-21(2,3)19(27-7)17-13-9-11-15(23(17)25)16-12-10-14-18(24(16)26)20(28-8)22(4,5)6/h9-14,19-20H,1-8H3/t19-,20-/m1/s1.